The minimum absolute atomic E-state index is 0.147. The Hall–Kier alpha value is -2.41. The number of carbonyl (C=O) groups excluding carboxylic acids is 3. The molecule has 0 bridgehead atoms. The summed E-state index contributed by atoms with van der Waals surface area (Å²) in [7, 11) is 1.75. The molecule has 2 aromatic rings. The van der Waals surface area contributed by atoms with Gasteiger partial charge >= 0.3 is 5.97 Å². The van der Waals surface area contributed by atoms with Crippen LogP contribution in [0, 0.1) is 19.8 Å². The normalized spacial score (nSPS) is 12.1. The third-order valence-corrected chi connectivity index (χ3v) is 5.91. The van der Waals surface area contributed by atoms with Gasteiger partial charge in [-0.3, -0.25) is 9.59 Å². The summed E-state index contributed by atoms with van der Waals surface area (Å²) in [4.78, 5) is 41.1. The lowest BCUT2D eigenvalue weighted by Gasteiger charge is -2.30. The van der Waals surface area contributed by atoms with Crippen LogP contribution in [0.15, 0.2) is 17.5 Å². The Bertz CT molecular complexity index is 897. The number of carbonyl (C=O) groups is 3. The molecule has 0 radical (unpaired) electrons. The number of aromatic nitrogens is 1. The number of rotatable bonds is 8. The highest BCUT2D eigenvalue weighted by molar-refractivity contribution is 7.12. The van der Waals surface area contributed by atoms with Crippen LogP contribution in [-0.4, -0.2) is 46.3 Å². The van der Waals surface area contributed by atoms with Crippen LogP contribution in [0.1, 0.15) is 69.5 Å². The summed E-state index contributed by atoms with van der Waals surface area (Å²) in [5.41, 5.74) is 2.14. The molecule has 0 saturated heterocycles. The van der Waals surface area contributed by atoms with Crippen molar-refractivity contribution in [2.75, 3.05) is 13.2 Å². The molecular weight excluding hydrogens is 388 g/mol. The monoisotopic (exact) mass is 418 g/mol. The highest BCUT2D eigenvalue weighted by Crippen LogP contribution is 2.26. The first-order valence-corrected chi connectivity index (χ1v) is 10.7. The molecule has 0 aliphatic rings. The number of Topliss-reactive ketones (excluding diaryl/α,β-unsaturated/α-hetero) is 1. The molecule has 0 fully saturated rings. The van der Waals surface area contributed by atoms with Crippen molar-refractivity contribution >= 4 is 29.0 Å². The molecule has 6 nitrogen and oxygen atoms in total. The van der Waals surface area contributed by atoms with Gasteiger partial charge in [0.2, 0.25) is 0 Å². The molecule has 0 N–H and O–H groups in total. The summed E-state index contributed by atoms with van der Waals surface area (Å²) in [6.07, 6.45) is 0. The molecule has 0 aromatic carbocycles. The third kappa shape index (κ3) is 4.61. The van der Waals surface area contributed by atoms with Gasteiger partial charge in [0.05, 0.1) is 17.5 Å². The molecule has 0 aliphatic carbocycles. The van der Waals surface area contributed by atoms with Crippen LogP contribution >= 0.6 is 11.3 Å². The number of nitrogens with zero attached hydrogens (tertiary/aromatic N) is 2. The lowest BCUT2D eigenvalue weighted by molar-refractivity contribution is 0.0513. The predicted molar refractivity (Wildman–Crippen MR) is 115 cm³/mol. The van der Waals surface area contributed by atoms with E-state index in [1.54, 1.807) is 43.4 Å². The zero-order valence-corrected chi connectivity index (χ0v) is 19.1. The molecule has 2 rings (SSSR count). The van der Waals surface area contributed by atoms with E-state index < -0.39 is 12.0 Å². The van der Waals surface area contributed by atoms with E-state index in [4.69, 9.17) is 4.74 Å². The Balaban J connectivity index is 2.44. The maximum Gasteiger partial charge on any atom is 0.355 e. The minimum atomic E-state index is -0.651. The van der Waals surface area contributed by atoms with Crippen LogP contribution < -0.4 is 0 Å². The van der Waals surface area contributed by atoms with Crippen molar-refractivity contribution in [2.45, 2.75) is 47.6 Å². The summed E-state index contributed by atoms with van der Waals surface area (Å²) in [6, 6.07) is 2.95. The van der Waals surface area contributed by atoms with E-state index in [1.807, 2.05) is 32.2 Å². The van der Waals surface area contributed by atoms with Gasteiger partial charge in [0.25, 0.3) is 5.91 Å². The number of amides is 1. The second-order valence-electron chi connectivity index (χ2n) is 7.58. The van der Waals surface area contributed by atoms with Gasteiger partial charge in [-0.1, -0.05) is 19.9 Å². The van der Waals surface area contributed by atoms with E-state index in [2.05, 4.69) is 0 Å². The number of thiophene rings is 1. The molecule has 1 atom stereocenters. The molecule has 0 saturated carbocycles. The topological polar surface area (TPSA) is 68.6 Å². The quantitative estimate of drug-likeness (QED) is 0.475. The molecule has 1 unspecified atom stereocenters. The second-order valence-corrected chi connectivity index (χ2v) is 8.53. The van der Waals surface area contributed by atoms with Crippen LogP contribution in [-0.2, 0) is 11.8 Å². The Morgan fingerprint density at radius 2 is 1.86 bits per heavy atom. The van der Waals surface area contributed by atoms with E-state index in [1.165, 1.54) is 11.3 Å². The van der Waals surface area contributed by atoms with Crippen LogP contribution in [0.2, 0.25) is 0 Å². The zero-order chi connectivity index (χ0) is 21.9. The first-order chi connectivity index (χ1) is 13.6. The molecule has 0 spiro atoms. The minimum Gasteiger partial charge on any atom is -0.461 e. The molecule has 1 amide bonds. The number of ether oxygens (including phenoxy) is 1. The molecule has 0 aliphatic heterocycles. The average Bonchev–Trinajstić information content (AvgIpc) is 3.26. The van der Waals surface area contributed by atoms with Crippen molar-refractivity contribution in [2.24, 2.45) is 13.0 Å². The molecule has 7 heteroatoms. The number of hydrogen-bond acceptors (Lipinski definition) is 5. The first kappa shape index (κ1) is 22.9. The zero-order valence-electron chi connectivity index (χ0n) is 18.2. The fourth-order valence-corrected chi connectivity index (χ4v) is 4.21. The third-order valence-electron chi connectivity index (χ3n) is 5.05. The van der Waals surface area contributed by atoms with Crippen molar-refractivity contribution in [1.82, 2.24) is 9.47 Å². The van der Waals surface area contributed by atoms with Crippen LogP contribution in [0.25, 0.3) is 0 Å². The molecule has 2 aromatic heterocycles. The number of esters is 1. The predicted octanol–water partition coefficient (Wildman–Crippen LogP) is 4.25. The van der Waals surface area contributed by atoms with E-state index in [9.17, 15) is 14.4 Å². The van der Waals surface area contributed by atoms with Crippen LogP contribution in [0.3, 0.4) is 0 Å². The lowest BCUT2D eigenvalue weighted by Crippen LogP contribution is -2.45. The van der Waals surface area contributed by atoms with Gasteiger partial charge < -0.3 is 14.2 Å². The summed E-state index contributed by atoms with van der Waals surface area (Å²) >= 11 is 1.37. The Kier molecular flexibility index (Phi) is 7.41. The molecule has 2 heterocycles. The van der Waals surface area contributed by atoms with Gasteiger partial charge in [-0.2, -0.15) is 0 Å². The second kappa shape index (κ2) is 9.39. The van der Waals surface area contributed by atoms with E-state index >= 15 is 0 Å². The summed E-state index contributed by atoms with van der Waals surface area (Å²) < 4.78 is 6.85. The number of hydrogen-bond donors (Lipinski definition) is 0. The number of ketones is 1. The molecular formula is C22H30N2O4S. The Morgan fingerprint density at radius 3 is 2.38 bits per heavy atom. The SMILES string of the molecule is CCOC(=O)c1c(C)c(C(=O)C(C)N(CC(C)C)C(=O)c2cccs2)c(C)n1C. The maximum absolute atomic E-state index is 13.5. The maximum atomic E-state index is 13.5. The van der Waals surface area contributed by atoms with Gasteiger partial charge in [-0.15, -0.1) is 11.3 Å². The van der Waals surface area contributed by atoms with Crippen molar-refractivity contribution in [3.8, 4) is 0 Å². The van der Waals surface area contributed by atoms with E-state index in [0.29, 0.717) is 33.9 Å². The van der Waals surface area contributed by atoms with E-state index in [0.717, 1.165) is 0 Å². The smallest absolute Gasteiger partial charge is 0.355 e. The Morgan fingerprint density at radius 1 is 1.21 bits per heavy atom. The van der Waals surface area contributed by atoms with Gasteiger partial charge in [0, 0.05) is 24.8 Å². The summed E-state index contributed by atoms with van der Waals surface area (Å²) in [5.74, 6) is -0.554. The fraction of sp³-hybridized carbons (Fsp3) is 0.500. The van der Waals surface area contributed by atoms with Crippen molar-refractivity contribution in [3.05, 3.63) is 44.9 Å². The van der Waals surface area contributed by atoms with Gasteiger partial charge in [0.15, 0.2) is 5.78 Å². The van der Waals surface area contributed by atoms with Crippen molar-refractivity contribution in [1.29, 1.82) is 0 Å². The van der Waals surface area contributed by atoms with E-state index in [-0.39, 0.29) is 24.2 Å². The van der Waals surface area contributed by atoms with Gasteiger partial charge in [-0.25, -0.2) is 4.79 Å². The summed E-state index contributed by atoms with van der Waals surface area (Å²) in [5, 5.41) is 1.85. The van der Waals surface area contributed by atoms with Gasteiger partial charge in [-0.05, 0) is 50.6 Å². The van der Waals surface area contributed by atoms with Crippen molar-refractivity contribution < 1.29 is 19.1 Å². The van der Waals surface area contributed by atoms with Crippen LogP contribution in [0.5, 0.6) is 0 Å². The van der Waals surface area contributed by atoms with Crippen LogP contribution in [0.4, 0.5) is 0 Å². The fourth-order valence-electron chi connectivity index (χ4n) is 3.53. The summed E-state index contributed by atoms with van der Waals surface area (Å²) in [6.45, 7) is 11.8. The average molecular weight is 419 g/mol. The molecule has 29 heavy (non-hydrogen) atoms. The largest absolute Gasteiger partial charge is 0.461 e. The molecule has 158 valence electrons. The highest BCUT2D eigenvalue weighted by Gasteiger charge is 2.33. The highest BCUT2D eigenvalue weighted by atomic mass is 32.1. The Labute approximate surface area is 176 Å². The lowest BCUT2D eigenvalue weighted by atomic mass is 9.99. The first-order valence-electron chi connectivity index (χ1n) is 9.83. The standard InChI is InChI=1S/C22H30N2O4S/c1-8-28-22(27)19-14(4)18(15(5)23(19)7)20(25)16(6)24(12-13(2)3)21(26)17-10-9-11-29-17/h9-11,13,16H,8,12H2,1-7H3. The van der Waals surface area contributed by atoms with Crippen molar-refractivity contribution in [3.63, 3.8) is 0 Å². The van der Waals surface area contributed by atoms with Gasteiger partial charge in [0.1, 0.15) is 5.69 Å².